The molecule has 0 saturated heterocycles. The summed E-state index contributed by atoms with van der Waals surface area (Å²) in [6.45, 7) is 6.27. The van der Waals surface area contributed by atoms with Gasteiger partial charge in [0.15, 0.2) is 0 Å². The molecule has 1 aromatic carbocycles. The van der Waals surface area contributed by atoms with E-state index in [1.807, 2.05) is 0 Å². The average Bonchev–Trinajstić information content (AvgIpc) is 2.43. The fourth-order valence-electron chi connectivity index (χ4n) is 2.07. The smallest absolute Gasteiger partial charge is 0.322 e. The molecule has 19 heavy (non-hydrogen) atoms. The monoisotopic (exact) mass is 263 g/mol. The number of hydrogen-bond donors (Lipinski definition) is 1. The van der Waals surface area contributed by atoms with E-state index < -0.39 is 0 Å². The van der Waals surface area contributed by atoms with Crippen LogP contribution in [0.5, 0.6) is 0 Å². The van der Waals surface area contributed by atoms with Gasteiger partial charge in [-0.15, -0.1) is 0 Å². The molecule has 106 valence electrons. The Balaban J connectivity index is 2.66. The van der Waals surface area contributed by atoms with Crippen molar-refractivity contribution in [2.45, 2.75) is 52.1 Å². The van der Waals surface area contributed by atoms with Crippen molar-refractivity contribution in [3.05, 3.63) is 35.4 Å². The summed E-state index contributed by atoms with van der Waals surface area (Å²) in [5, 5.41) is 3.36. The molecule has 0 amide bonds. The lowest BCUT2D eigenvalue weighted by atomic mass is 10.0. The number of benzene rings is 1. The maximum absolute atomic E-state index is 11.8. The Labute approximate surface area is 116 Å². The summed E-state index contributed by atoms with van der Waals surface area (Å²) >= 11 is 0. The molecule has 0 heterocycles. The van der Waals surface area contributed by atoms with Gasteiger partial charge in [0.1, 0.15) is 6.04 Å². The molecule has 1 rings (SSSR count). The fourth-order valence-corrected chi connectivity index (χ4v) is 2.07. The van der Waals surface area contributed by atoms with Gasteiger partial charge in [-0.25, -0.2) is 0 Å². The van der Waals surface area contributed by atoms with Gasteiger partial charge in [0.05, 0.1) is 7.11 Å². The number of carbonyl (C=O) groups excluding carboxylic acids is 1. The molecule has 0 radical (unpaired) electrons. The first-order chi connectivity index (χ1) is 9.08. The highest BCUT2D eigenvalue weighted by Gasteiger charge is 2.20. The standard InChI is InChI=1S/C16H25NO2/c1-5-6-7-15(16(18)19-4)17-13(3)14-10-8-12(2)9-11-14/h8-11,13,15,17H,5-7H2,1-4H3. The number of rotatable bonds is 7. The number of aryl methyl sites for hydroxylation is 1. The molecule has 0 fully saturated rings. The third kappa shape index (κ3) is 5.03. The molecule has 3 heteroatoms. The van der Waals surface area contributed by atoms with Gasteiger partial charge >= 0.3 is 5.97 Å². The number of hydrogen-bond acceptors (Lipinski definition) is 3. The molecule has 0 aromatic heterocycles. The summed E-state index contributed by atoms with van der Waals surface area (Å²) in [5.74, 6) is -0.174. The Hall–Kier alpha value is -1.35. The number of methoxy groups -OCH3 is 1. The van der Waals surface area contributed by atoms with Crippen molar-refractivity contribution in [3.63, 3.8) is 0 Å². The molecule has 0 bridgehead atoms. The van der Waals surface area contributed by atoms with E-state index in [0.29, 0.717) is 0 Å². The Morgan fingerprint density at radius 3 is 2.47 bits per heavy atom. The number of esters is 1. The van der Waals surface area contributed by atoms with E-state index in [-0.39, 0.29) is 18.1 Å². The summed E-state index contributed by atoms with van der Waals surface area (Å²) in [6, 6.07) is 8.30. The highest BCUT2D eigenvalue weighted by molar-refractivity contribution is 5.75. The van der Waals surface area contributed by atoms with Crippen LogP contribution in [0, 0.1) is 6.92 Å². The van der Waals surface area contributed by atoms with Gasteiger partial charge in [0, 0.05) is 6.04 Å². The van der Waals surface area contributed by atoms with E-state index in [4.69, 9.17) is 4.74 Å². The molecule has 2 unspecified atom stereocenters. The van der Waals surface area contributed by atoms with Gasteiger partial charge in [0.25, 0.3) is 0 Å². The lowest BCUT2D eigenvalue weighted by Gasteiger charge is -2.21. The van der Waals surface area contributed by atoms with Crippen LogP contribution >= 0.6 is 0 Å². The van der Waals surface area contributed by atoms with E-state index in [9.17, 15) is 4.79 Å². The zero-order valence-electron chi connectivity index (χ0n) is 12.4. The molecular formula is C16H25NO2. The van der Waals surface area contributed by atoms with E-state index >= 15 is 0 Å². The van der Waals surface area contributed by atoms with Crippen molar-refractivity contribution < 1.29 is 9.53 Å². The van der Waals surface area contributed by atoms with Crippen LogP contribution in [0.4, 0.5) is 0 Å². The molecule has 1 aromatic rings. The second-order valence-corrected chi connectivity index (χ2v) is 5.02. The van der Waals surface area contributed by atoms with Crippen LogP contribution in [0.15, 0.2) is 24.3 Å². The van der Waals surface area contributed by atoms with E-state index in [2.05, 4.69) is 50.4 Å². The number of ether oxygens (including phenoxy) is 1. The van der Waals surface area contributed by atoms with Crippen LogP contribution in [0.2, 0.25) is 0 Å². The minimum atomic E-state index is -0.221. The highest BCUT2D eigenvalue weighted by Crippen LogP contribution is 2.15. The highest BCUT2D eigenvalue weighted by atomic mass is 16.5. The van der Waals surface area contributed by atoms with Gasteiger partial charge in [-0.2, -0.15) is 0 Å². The zero-order valence-corrected chi connectivity index (χ0v) is 12.4. The minimum Gasteiger partial charge on any atom is -0.468 e. The van der Waals surface area contributed by atoms with Gasteiger partial charge in [-0.3, -0.25) is 10.1 Å². The Kier molecular flexibility index (Phi) is 6.57. The van der Waals surface area contributed by atoms with Crippen LogP contribution in [-0.4, -0.2) is 19.1 Å². The summed E-state index contributed by atoms with van der Waals surface area (Å²) in [5.41, 5.74) is 2.43. The molecule has 0 saturated carbocycles. The second-order valence-electron chi connectivity index (χ2n) is 5.02. The first-order valence-corrected chi connectivity index (χ1v) is 6.99. The van der Waals surface area contributed by atoms with Gasteiger partial charge < -0.3 is 4.74 Å². The molecular weight excluding hydrogens is 238 g/mol. The molecule has 2 atom stereocenters. The topological polar surface area (TPSA) is 38.3 Å². The van der Waals surface area contributed by atoms with E-state index in [1.165, 1.54) is 18.2 Å². The molecule has 0 aliphatic heterocycles. The zero-order chi connectivity index (χ0) is 14.3. The average molecular weight is 263 g/mol. The minimum absolute atomic E-state index is 0.140. The van der Waals surface area contributed by atoms with Gasteiger partial charge in [-0.1, -0.05) is 49.6 Å². The van der Waals surface area contributed by atoms with Crippen molar-refractivity contribution in [3.8, 4) is 0 Å². The van der Waals surface area contributed by atoms with E-state index in [0.717, 1.165) is 19.3 Å². The van der Waals surface area contributed by atoms with Crippen molar-refractivity contribution in [2.24, 2.45) is 0 Å². The molecule has 1 N–H and O–H groups in total. The first kappa shape index (κ1) is 15.7. The fraction of sp³-hybridized carbons (Fsp3) is 0.562. The van der Waals surface area contributed by atoms with Crippen molar-refractivity contribution in [1.82, 2.24) is 5.32 Å². The third-order valence-electron chi connectivity index (χ3n) is 3.36. The Morgan fingerprint density at radius 1 is 1.32 bits per heavy atom. The molecule has 0 aliphatic carbocycles. The Bertz CT molecular complexity index is 386. The van der Waals surface area contributed by atoms with Crippen LogP contribution in [0.1, 0.15) is 50.3 Å². The van der Waals surface area contributed by atoms with Crippen LogP contribution < -0.4 is 5.32 Å². The summed E-state index contributed by atoms with van der Waals surface area (Å²) in [7, 11) is 1.44. The molecule has 0 spiro atoms. The molecule has 3 nitrogen and oxygen atoms in total. The predicted octanol–water partition coefficient (Wildman–Crippen LogP) is 3.38. The maximum Gasteiger partial charge on any atom is 0.322 e. The Morgan fingerprint density at radius 2 is 1.95 bits per heavy atom. The second kappa shape index (κ2) is 7.95. The van der Waals surface area contributed by atoms with Crippen LogP contribution in [0.3, 0.4) is 0 Å². The number of nitrogens with one attached hydrogen (secondary N) is 1. The molecule has 0 aliphatic rings. The van der Waals surface area contributed by atoms with Crippen molar-refractivity contribution >= 4 is 5.97 Å². The van der Waals surface area contributed by atoms with Crippen molar-refractivity contribution in [2.75, 3.05) is 7.11 Å². The van der Waals surface area contributed by atoms with E-state index in [1.54, 1.807) is 0 Å². The number of unbranched alkanes of at least 4 members (excludes halogenated alkanes) is 1. The SMILES string of the molecule is CCCCC(NC(C)c1ccc(C)cc1)C(=O)OC. The normalized spacial score (nSPS) is 13.9. The van der Waals surface area contributed by atoms with Crippen molar-refractivity contribution in [1.29, 1.82) is 0 Å². The largest absolute Gasteiger partial charge is 0.468 e. The summed E-state index contributed by atoms with van der Waals surface area (Å²) in [4.78, 5) is 11.8. The maximum atomic E-state index is 11.8. The lowest BCUT2D eigenvalue weighted by molar-refractivity contribution is -0.143. The third-order valence-corrected chi connectivity index (χ3v) is 3.36. The first-order valence-electron chi connectivity index (χ1n) is 6.99. The lowest BCUT2D eigenvalue weighted by Crippen LogP contribution is -2.39. The van der Waals surface area contributed by atoms with Gasteiger partial charge in [-0.05, 0) is 25.8 Å². The van der Waals surface area contributed by atoms with Crippen LogP contribution in [0.25, 0.3) is 0 Å². The summed E-state index contributed by atoms with van der Waals surface area (Å²) in [6.07, 6.45) is 2.92. The number of carbonyl (C=O) groups is 1. The summed E-state index contributed by atoms with van der Waals surface area (Å²) < 4.78 is 4.86. The van der Waals surface area contributed by atoms with Gasteiger partial charge in [0.2, 0.25) is 0 Å². The predicted molar refractivity (Wildman–Crippen MR) is 78.1 cm³/mol. The quantitative estimate of drug-likeness (QED) is 0.766. The van der Waals surface area contributed by atoms with Crippen LogP contribution in [-0.2, 0) is 9.53 Å².